The van der Waals surface area contributed by atoms with Gasteiger partial charge in [-0.25, -0.2) is 4.79 Å². The fourth-order valence-corrected chi connectivity index (χ4v) is 1.92. The molecule has 70 valence electrons. The molecule has 0 aliphatic carbocycles. The molecule has 0 saturated heterocycles. The molecule has 0 aliphatic rings. The zero-order valence-electron chi connectivity index (χ0n) is 6.35. The summed E-state index contributed by atoms with van der Waals surface area (Å²) in [6, 6.07) is 3.15. The summed E-state index contributed by atoms with van der Waals surface area (Å²) in [7, 11) is 0. The van der Waals surface area contributed by atoms with E-state index in [1.807, 2.05) is 0 Å². The van der Waals surface area contributed by atoms with Gasteiger partial charge in [-0.2, -0.15) is 0 Å². The van der Waals surface area contributed by atoms with Crippen molar-refractivity contribution in [3.8, 4) is 0 Å². The molecule has 1 rings (SSSR count). The van der Waals surface area contributed by atoms with Gasteiger partial charge >= 0.3 is 5.97 Å². The quantitative estimate of drug-likeness (QED) is 0.843. The molecule has 1 N–H and O–H groups in total. The van der Waals surface area contributed by atoms with Crippen molar-refractivity contribution in [1.82, 2.24) is 0 Å². The third-order valence-corrected chi connectivity index (χ3v) is 2.71. The molecule has 0 saturated carbocycles. The van der Waals surface area contributed by atoms with Crippen molar-refractivity contribution >= 4 is 45.1 Å². The Hall–Kier alpha value is -0.250. The van der Waals surface area contributed by atoms with E-state index in [1.165, 1.54) is 0 Å². The van der Waals surface area contributed by atoms with Crippen molar-refractivity contribution < 1.29 is 9.90 Å². The van der Waals surface area contributed by atoms with Crippen LogP contribution < -0.4 is 0 Å². The van der Waals surface area contributed by atoms with Gasteiger partial charge in [0.25, 0.3) is 0 Å². The van der Waals surface area contributed by atoms with E-state index < -0.39 is 5.97 Å². The van der Waals surface area contributed by atoms with E-state index in [2.05, 4.69) is 15.9 Å². The molecule has 0 spiro atoms. The van der Waals surface area contributed by atoms with E-state index in [4.69, 9.17) is 28.3 Å². The van der Waals surface area contributed by atoms with Gasteiger partial charge in [0.1, 0.15) is 0 Å². The van der Waals surface area contributed by atoms with Crippen molar-refractivity contribution in [2.75, 3.05) is 0 Å². The molecule has 13 heavy (non-hydrogen) atoms. The van der Waals surface area contributed by atoms with Crippen LogP contribution in [0.5, 0.6) is 0 Å². The lowest BCUT2D eigenvalue weighted by Crippen LogP contribution is -1.99. The number of halogens is 3. The maximum Gasteiger partial charge on any atom is 0.338 e. The van der Waals surface area contributed by atoms with Crippen molar-refractivity contribution in [2.45, 2.75) is 5.33 Å². The van der Waals surface area contributed by atoms with Gasteiger partial charge in [0.15, 0.2) is 0 Å². The highest BCUT2D eigenvalue weighted by molar-refractivity contribution is 9.08. The number of hydrogen-bond acceptors (Lipinski definition) is 1. The Labute approximate surface area is 93.6 Å². The zero-order chi connectivity index (χ0) is 10.0. The first-order valence-electron chi connectivity index (χ1n) is 3.33. The highest BCUT2D eigenvalue weighted by Gasteiger charge is 2.14. The molecule has 1 aromatic rings. The summed E-state index contributed by atoms with van der Waals surface area (Å²) >= 11 is 14.7. The van der Waals surface area contributed by atoms with Gasteiger partial charge in [-0.15, -0.1) is 0 Å². The molecular formula is C8H5BrCl2O2. The molecule has 0 fully saturated rings. The van der Waals surface area contributed by atoms with E-state index in [1.54, 1.807) is 12.1 Å². The fourth-order valence-electron chi connectivity index (χ4n) is 0.907. The Balaban J connectivity index is 3.31. The Morgan fingerprint density at radius 1 is 1.38 bits per heavy atom. The van der Waals surface area contributed by atoms with E-state index in [-0.39, 0.29) is 15.6 Å². The maximum atomic E-state index is 10.7. The molecule has 2 nitrogen and oxygen atoms in total. The Bertz CT molecular complexity index is 329. The van der Waals surface area contributed by atoms with E-state index >= 15 is 0 Å². The minimum atomic E-state index is -1.11. The fraction of sp³-hybridized carbons (Fsp3) is 0.125. The topological polar surface area (TPSA) is 37.3 Å². The van der Waals surface area contributed by atoms with Crippen LogP contribution >= 0.6 is 39.1 Å². The van der Waals surface area contributed by atoms with E-state index in [0.29, 0.717) is 5.33 Å². The monoisotopic (exact) mass is 282 g/mol. The number of carboxylic acids is 1. The van der Waals surface area contributed by atoms with Crippen molar-refractivity contribution in [3.05, 3.63) is 33.3 Å². The maximum absolute atomic E-state index is 10.7. The highest BCUT2D eigenvalue weighted by atomic mass is 79.9. The Morgan fingerprint density at radius 3 is 2.15 bits per heavy atom. The Morgan fingerprint density at radius 2 is 1.85 bits per heavy atom. The molecule has 0 radical (unpaired) electrons. The standard InChI is InChI=1S/C8H5BrCl2O2/c9-3-4-1-5(10)7(8(12)13)6(11)2-4/h1-2H,3H2,(H,12,13). The van der Waals surface area contributed by atoms with Crippen LogP contribution in [0.1, 0.15) is 15.9 Å². The average Bonchev–Trinajstić information content (AvgIpc) is 2.02. The third kappa shape index (κ3) is 2.36. The summed E-state index contributed by atoms with van der Waals surface area (Å²) in [6.45, 7) is 0. The van der Waals surface area contributed by atoms with Crippen molar-refractivity contribution in [2.24, 2.45) is 0 Å². The van der Waals surface area contributed by atoms with Crippen LogP contribution in [-0.4, -0.2) is 11.1 Å². The second kappa shape index (κ2) is 4.31. The largest absolute Gasteiger partial charge is 0.478 e. The normalized spacial score (nSPS) is 10.1. The summed E-state index contributed by atoms with van der Waals surface area (Å²) in [4.78, 5) is 10.7. The van der Waals surface area contributed by atoms with E-state index in [0.717, 1.165) is 5.56 Å². The second-order valence-corrected chi connectivity index (χ2v) is 3.75. The van der Waals surface area contributed by atoms with Crippen LogP contribution in [0.3, 0.4) is 0 Å². The van der Waals surface area contributed by atoms with Gasteiger partial charge in [0.2, 0.25) is 0 Å². The van der Waals surface area contributed by atoms with Crippen LogP contribution in [0, 0.1) is 0 Å². The summed E-state index contributed by atoms with van der Waals surface area (Å²) in [5.41, 5.74) is 0.799. The first kappa shape index (κ1) is 10.8. The SMILES string of the molecule is O=C(O)c1c(Cl)cc(CBr)cc1Cl. The number of alkyl halides is 1. The highest BCUT2D eigenvalue weighted by Crippen LogP contribution is 2.27. The Kier molecular flexibility index (Phi) is 3.59. The number of aromatic carboxylic acids is 1. The minimum absolute atomic E-state index is 0.0481. The molecule has 5 heteroatoms. The van der Waals surface area contributed by atoms with Crippen LogP contribution in [0.15, 0.2) is 12.1 Å². The molecule has 0 aromatic heterocycles. The zero-order valence-corrected chi connectivity index (χ0v) is 9.45. The molecule has 1 aromatic carbocycles. The summed E-state index contributed by atoms with van der Waals surface area (Å²) < 4.78 is 0. The van der Waals surface area contributed by atoms with Crippen LogP contribution in [0.25, 0.3) is 0 Å². The molecule has 0 aliphatic heterocycles. The lowest BCUT2D eigenvalue weighted by Gasteiger charge is -2.03. The smallest absolute Gasteiger partial charge is 0.338 e. The predicted octanol–water partition coefficient (Wildman–Crippen LogP) is 3.59. The molecule has 0 heterocycles. The van der Waals surface area contributed by atoms with Gasteiger partial charge < -0.3 is 5.11 Å². The number of carboxylic acid groups (broad SMARTS) is 1. The minimum Gasteiger partial charge on any atom is -0.478 e. The average molecular weight is 284 g/mol. The molecule has 0 atom stereocenters. The third-order valence-electron chi connectivity index (χ3n) is 1.47. The lowest BCUT2D eigenvalue weighted by molar-refractivity contribution is 0.0697. The lowest BCUT2D eigenvalue weighted by atomic mass is 10.1. The van der Waals surface area contributed by atoms with Crippen LogP contribution in [0.4, 0.5) is 0 Å². The van der Waals surface area contributed by atoms with Crippen molar-refractivity contribution in [3.63, 3.8) is 0 Å². The van der Waals surface area contributed by atoms with Gasteiger partial charge in [0.05, 0.1) is 15.6 Å². The van der Waals surface area contributed by atoms with Crippen molar-refractivity contribution in [1.29, 1.82) is 0 Å². The molecule has 0 unspecified atom stereocenters. The molecule has 0 amide bonds. The predicted molar refractivity (Wildman–Crippen MR) is 56.1 cm³/mol. The number of benzene rings is 1. The molecular weight excluding hydrogens is 279 g/mol. The first-order valence-corrected chi connectivity index (χ1v) is 5.21. The summed E-state index contributed by atoms with van der Waals surface area (Å²) in [5.74, 6) is -1.11. The second-order valence-electron chi connectivity index (χ2n) is 2.37. The van der Waals surface area contributed by atoms with Gasteiger partial charge in [0, 0.05) is 5.33 Å². The van der Waals surface area contributed by atoms with Gasteiger partial charge in [-0.05, 0) is 17.7 Å². The first-order chi connectivity index (χ1) is 6.06. The van der Waals surface area contributed by atoms with Crippen LogP contribution in [0.2, 0.25) is 10.0 Å². The summed E-state index contributed by atoms with van der Waals surface area (Å²) in [6.07, 6.45) is 0. The van der Waals surface area contributed by atoms with Crippen LogP contribution in [-0.2, 0) is 5.33 Å². The summed E-state index contributed by atoms with van der Waals surface area (Å²) in [5, 5.41) is 9.64. The van der Waals surface area contributed by atoms with Gasteiger partial charge in [-0.3, -0.25) is 0 Å². The van der Waals surface area contributed by atoms with Gasteiger partial charge in [-0.1, -0.05) is 39.1 Å². The number of carbonyl (C=O) groups is 1. The number of hydrogen-bond donors (Lipinski definition) is 1. The number of rotatable bonds is 2. The van der Waals surface area contributed by atoms with E-state index in [9.17, 15) is 4.79 Å². The molecule has 0 bridgehead atoms.